The fraction of sp³-hybridized carbons (Fsp3) is 0.857. The van der Waals surface area contributed by atoms with Gasteiger partial charge in [0.2, 0.25) is 11.7 Å². The molecule has 5 heteroatoms. The van der Waals surface area contributed by atoms with Crippen molar-refractivity contribution in [3.05, 3.63) is 11.7 Å². The molecule has 0 amide bonds. The number of rotatable bonds is 5. The molecule has 3 atom stereocenters. The van der Waals surface area contributed by atoms with Crippen LogP contribution in [0.5, 0.6) is 0 Å². The van der Waals surface area contributed by atoms with E-state index in [1.54, 1.807) is 0 Å². The summed E-state index contributed by atoms with van der Waals surface area (Å²) in [7, 11) is 0. The smallest absolute Gasteiger partial charge is 0.231 e. The maximum Gasteiger partial charge on any atom is 0.231 e. The van der Waals surface area contributed by atoms with Crippen LogP contribution >= 0.6 is 0 Å². The Kier molecular flexibility index (Phi) is 4.58. The molecule has 1 saturated carbocycles. The molecule has 1 heterocycles. The Bertz CT molecular complexity index is 407. The minimum Gasteiger partial charge on any atom is -0.367 e. The molecule has 1 aliphatic carbocycles. The Morgan fingerprint density at radius 2 is 2.11 bits per heavy atom. The highest BCUT2D eigenvalue weighted by atomic mass is 16.5. The van der Waals surface area contributed by atoms with Crippen molar-refractivity contribution in [3.8, 4) is 0 Å². The van der Waals surface area contributed by atoms with E-state index >= 15 is 0 Å². The number of hydrogen-bond donors (Lipinski definition) is 1. The van der Waals surface area contributed by atoms with Gasteiger partial charge in [-0.1, -0.05) is 24.9 Å². The summed E-state index contributed by atoms with van der Waals surface area (Å²) in [5.41, 5.74) is 5.70. The van der Waals surface area contributed by atoms with Gasteiger partial charge in [-0.15, -0.1) is 0 Å². The lowest BCUT2D eigenvalue weighted by molar-refractivity contribution is -0.0403. The highest BCUT2D eigenvalue weighted by Gasteiger charge is 2.34. The first-order valence-corrected chi connectivity index (χ1v) is 7.34. The van der Waals surface area contributed by atoms with Crippen LogP contribution in [0, 0.1) is 0 Å². The molecule has 3 unspecified atom stereocenters. The topological polar surface area (TPSA) is 74.2 Å². The summed E-state index contributed by atoms with van der Waals surface area (Å²) >= 11 is 0. The van der Waals surface area contributed by atoms with Gasteiger partial charge in [-0.3, -0.25) is 0 Å². The van der Waals surface area contributed by atoms with E-state index in [1.807, 2.05) is 13.8 Å². The predicted molar refractivity (Wildman–Crippen MR) is 72.8 cm³/mol. The lowest BCUT2D eigenvalue weighted by Crippen LogP contribution is -2.32. The van der Waals surface area contributed by atoms with Gasteiger partial charge in [0.25, 0.3) is 0 Å². The van der Waals surface area contributed by atoms with E-state index in [4.69, 9.17) is 15.0 Å². The van der Waals surface area contributed by atoms with Crippen molar-refractivity contribution in [1.29, 1.82) is 0 Å². The van der Waals surface area contributed by atoms with Crippen molar-refractivity contribution in [2.24, 2.45) is 5.73 Å². The first-order chi connectivity index (χ1) is 9.10. The van der Waals surface area contributed by atoms with Crippen molar-refractivity contribution in [2.45, 2.75) is 70.4 Å². The van der Waals surface area contributed by atoms with Gasteiger partial charge in [-0.2, -0.15) is 4.98 Å². The molecule has 0 aromatic carbocycles. The Balaban J connectivity index is 2.17. The summed E-state index contributed by atoms with van der Waals surface area (Å²) in [5.74, 6) is 1.53. The van der Waals surface area contributed by atoms with Crippen LogP contribution in [0.1, 0.15) is 70.5 Å². The molecule has 1 aromatic heterocycles. The number of nitrogens with zero attached hydrogens (tertiary/aromatic N) is 2. The molecule has 0 spiro atoms. The zero-order chi connectivity index (χ0) is 13.9. The van der Waals surface area contributed by atoms with Crippen molar-refractivity contribution in [1.82, 2.24) is 10.1 Å². The Morgan fingerprint density at radius 3 is 2.74 bits per heavy atom. The number of hydrogen-bond acceptors (Lipinski definition) is 5. The molecule has 2 N–H and O–H groups in total. The van der Waals surface area contributed by atoms with Gasteiger partial charge < -0.3 is 15.0 Å². The summed E-state index contributed by atoms with van der Waals surface area (Å²) in [6.07, 6.45) is 5.28. The van der Waals surface area contributed by atoms with Gasteiger partial charge in [0.15, 0.2) is 0 Å². The van der Waals surface area contributed by atoms with Crippen LogP contribution in [-0.2, 0) is 10.3 Å². The van der Waals surface area contributed by atoms with E-state index < -0.39 is 5.60 Å². The fourth-order valence-electron chi connectivity index (χ4n) is 2.71. The second kappa shape index (κ2) is 6.01. The molecular weight excluding hydrogens is 242 g/mol. The third-order valence-corrected chi connectivity index (χ3v) is 4.19. The summed E-state index contributed by atoms with van der Waals surface area (Å²) in [5, 5.41) is 4.12. The van der Waals surface area contributed by atoms with Crippen LogP contribution < -0.4 is 5.73 Å². The maximum absolute atomic E-state index is 6.16. The normalized spacial score (nSPS) is 27.2. The lowest BCUT2D eigenvalue weighted by Gasteiger charge is -2.26. The van der Waals surface area contributed by atoms with Crippen molar-refractivity contribution in [3.63, 3.8) is 0 Å². The molecule has 0 bridgehead atoms. The Hall–Kier alpha value is -0.940. The van der Waals surface area contributed by atoms with E-state index in [0.29, 0.717) is 18.3 Å². The zero-order valence-electron chi connectivity index (χ0n) is 12.2. The van der Waals surface area contributed by atoms with E-state index in [-0.39, 0.29) is 12.0 Å². The summed E-state index contributed by atoms with van der Waals surface area (Å²) in [4.78, 5) is 4.56. The van der Waals surface area contributed by atoms with Crippen LogP contribution in [0.25, 0.3) is 0 Å². The third-order valence-electron chi connectivity index (χ3n) is 4.19. The second-order valence-electron chi connectivity index (χ2n) is 5.53. The quantitative estimate of drug-likeness (QED) is 0.887. The van der Waals surface area contributed by atoms with Crippen LogP contribution in [0.4, 0.5) is 0 Å². The molecule has 0 aliphatic heterocycles. The minimum absolute atomic E-state index is 0.141. The molecule has 5 nitrogen and oxygen atoms in total. The second-order valence-corrected chi connectivity index (χ2v) is 5.53. The Morgan fingerprint density at radius 1 is 1.37 bits per heavy atom. The molecule has 0 saturated heterocycles. The summed E-state index contributed by atoms with van der Waals surface area (Å²) in [6, 6.07) is 0.141. The molecule has 1 fully saturated rings. The van der Waals surface area contributed by atoms with Gasteiger partial charge in [0, 0.05) is 12.6 Å². The highest BCUT2D eigenvalue weighted by molar-refractivity contribution is 5.05. The van der Waals surface area contributed by atoms with Gasteiger partial charge >= 0.3 is 0 Å². The van der Waals surface area contributed by atoms with Crippen molar-refractivity contribution >= 4 is 0 Å². The summed E-state index contributed by atoms with van der Waals surface area (Å²) < 4.78 is 11.2. The monoisotopic (exact) mass is 267 g/mol. The van der Waals surface area contributed by atoms with Crippen LogP contribution in [0.15, 0.2) is 4.52 Å². The van der Waals surface area contributed by atoms with Crippen LogP contribution in [0.3, 0.4) is 0 Å². The van der Waals surface area contributed by atoms with Gasteiger partial charge in [-0.25, -0.2) is 0 Å². The molecular formula is C14H25N3O2. The molecule has 2 rings (SSSR count). The van der Waals surface area contributed by atoms with E-state index in [0.717, 1.165) is 19.3 Å². The van der Waals surface area contributed by atoms with E-state index in [2.05, 4.69) is 17.1 Å². The standard InChI is InChI=1S/C14H25N3O2/c1-4-14(3,18-5-2)13-16-12(19-17-13)10-8-6-7-9-11(10)15/h10-11H,4-9,15H2,1-3H3. The van der Waals surface area contributed by atoms with Crippen molar-refractivity contribution < 1.29 is 9.26 Å². The average molecular weight is 267 g/mol. The minimum atomic E-state index is -0.463. The predicted octanol–water partition coefficient (Wildman–Crippen LogP) is 2.72. The number of nitrogens with two attached hydrogens (primary N) is 1. The molecule has 1 aliphatic rings. The summed E-state index contributed by atoms with van der Waals surface area (Å²) in [6.45, 7) is 6.69. The number of ether oxygens (including phenoxy) is 1. The van der Waals surface area contributed by atoms with Gasteiger partial charge in [0.05, 0.1) is 5.92 Å². The lowest BCUT2D eigenvalue weighted by atomic mass is 9.85. The first kappa shape index (κ1) is 14.5. The first-order valence-electron chi connectivity index (χ1n) is 7.34. The van der Waals surface area contributed by atoms with Gasteiger partial charge in [-0.05, 0) is 33.1 Å². The molecule has 19 heavy (non-hydrogen) atoms. The van der Waals surface area contributed by atoms with Gasteiger partial charge in [0.1, 0.15) is 5.60 Å². The van der Waals surface area contributed by atoms with E-state index in [1.165, 1.54) is 12.8 Å². The molecule has 0 radical (unpaired) electrons. The maximum atomic E-state index is 6.16. The molecule has 1 aromatic rings. The number of aromatic nitrogens is 2. The van der Waals surface area contributed by atoms with Crippen molar-refractivity contribution in [2.75, 3.05) is 6.61 Å². The van der Waals surface area contributed by atoms with Crippen LogP contribution in [-0.4, -0.2) is 22.8 Å². The largest absolute Gasteiger partial charge is 0.367 e. The fourth-order valence-corrected chi connectivity index (χ4v) is 2.71. The highest BCUT2D eigenvalue weighted by Crippen LogP contribution is 2.33. The van der Waals surface area contributed by atoms with Crippen LogP contribution in [0.2, 0.25) is 0 Å². The third kappa shape index (κ3) is 2.98. The van der Waals surface area contributed by atoms with E-state index in [9.17, 15) is 0 Å². The Labute approximate surface area is 114 Å². The zero-order valence-corrected chi connectivity index (χ0v) is 12.2. The molecule has 108 valence electrons. The SMILES string of the molecule is CCOC(C)(CC)c1noc(C2CCCCC2N)n1. The average Bonchev–Trinajstić information content (AvgIpc) is 2.89.